The van der Waals surface area contributed by atoms with E-state index in [4.69, 9.17) is 66.3 Å². The SMILES string of the molecule is CC(O)COCC(COCC(C)O)(COCC(C)O)COCC(C)OC(C)COCC(COCC(C)O)(COCC(C)O)COCC(C)OC(C)COCC(COCC(C)O)(COCC(C)O)COCC(C)O. The fourth-order valence-electron chi connectivity index (χ4n) is 7.03. The van der Waals surface area contributed by atoms with Crippen molar-refractivity contribution in [1.82, 2.24) is 0 Å². The molecule has 73 heavy (non-hydrogen) atoms. The van der Waals surface area contributed by atoms with Crippen molar-refractivity contribution >= 4 is 0 Å². The van der Waals surface area contributed by atoms with Crippen molar-refractivity contribution in [2.45, 2.75) is 156 Å². The third-order valence-corrected chi connectivity index (χ3v) is 10.1. The molecule has 0 saturated carbocycles. The summed E-state index contributed by atoms with van der Waals surface area (Å²) in [6, 6.07) is 0. The predicted octanol–water partition coefficient (Wildman–Crippen LogP) is 0.778. The number of rotatable bonds is 52. The van der Waals surface area contributed by atoms with E-state index in [2.05, 4.69) is 0 Å². The summed E-state index contributed by atoms with van der Waals surface area (Å²) in [6.45, 7) is 23.3. The summed E-state index contributed by atoms with van der Waals surface area (Å²) in [4.78, 5) is 0. The first-order valence-electron chi connectivity index (χ1n) is 26.0. The molecule has 0 bridgehead atoms. The normalized spacial score (nSPS) is 19.9. The molecule has 12 atom stereocenters. The first-order chi connectivity index (χ1) is 34.3. The van der Waals surface area contributed by atoms with Crippen LogP contribution in [0.2, 0.25) is 0 Å². The minimum absolute atomic E-state index is 0.0624. The summed E-state index contributed by atoms with van der Waals surface area (Å²) in [5, 5.41) is 79.0. The van der Waals surface area contributed by atoms with Crippen LogP contribution in [0.25, 0.3) is 0 Å². The van der Waals surface area contributed by atoms with Gasteiger partial charge in [0.05, 0.1) is 248 Å². The van der Waals surface area contributed by atoms with Crippen molar-refractivity contribution in [3.63, 3.8) is 0 Å². The van der Waals surface area contributed by atoms with Gasteiger partial charge in [0.15, 0.2) is 0 Å². The topological polar surface area (TPSA) is 291 Å². The van der Waals surface area contributed by atoms with Crippen molar-refractivity contribution < 1.29 is 107 Å². The summed E-state index contributed by atoms with van der Waals surface area (Å²) in [6.07, 6.45) is -7.12. The Labute approximate surface area is 437 Å². The van der Waals surface area contributed by atoms with E-state index in [1.54, 1.807) is 55.4 Å². The van der Waals surface area contributed by atoms with Gasteiger partial charge >= 0.3 is 0 Å². The minimum Gasteiger partial charge on any atom is -0.391 e. The first-order valence-corrected chi connectivity index (χ1v) is 26.0. The summed E-state index contributed by atoms with van der Waals surface area (Å²) in [5.41, 5.74) is -2.51. The van der Waals surface area contributed by atoms with Crippen molar-refractivity contribution in [1.29, 1.82) is 0 Å². The molecule has 440 valence electrons. The van der Waals surface area contributed by atoms with E-state index in [-0.39, 0.29) is 183 Å². The molecule has 0 amide bonds. The Morgan fingerprint density at radius 1 is 0.205 bits per heavy atom. The Bertz CT molecular complexity index is 1080. The standard InChI is InChI=1S/C51H104O22/c1-37(52)13-60-25-49(26-61-14-38(2)53,27-62-15-39(3)54)33-68-21-45(9)72-47(11)23-70-35-51(31-66-19-43(7)58,32-67-20-44(8)59)36-71-24-48(12)73-46(10)22-69-34-50(28-63-16-40(4)55,29-64-17-41(5)56)30-65-18-42(6)57/h37-48,52-59H,13-36H2,1-12H3. The highest BCUT2D eigenvalue weighted by Gasteiger charge is 2.36. The molecule has 0 aromatic carbocycles. The second kappa shape index (κ2) is 42.1. The summed E-state index contributed by atoms with van der Waals surface area (Å²) in [5.74, 6) is 0. The van der Waals surface area contributed by atoms with Gasteiger partial charge in [-0.15, -0.1) is 0 Å². The zero-order chi connectivity index (χ0) is 55.3. The molecule has 0 heterocycles. The minimum atomic E-state index is -0.872. The van der Waals surface area contributed by atoms with Crippen molar-refractivity contribution in [3.8, 4) is 0 Å². The molecular weight excluding hydrogens is 965 g/mol. The van der Waals surface area contributed by atoms with Crippen LogP contribution in [0.5, 0.6) is 0 Å². The van der Waals surface area contributed by atoms with Crippen LogP contribution in [-0.4, -0.2) is 273 Å². The Hall–Kier alpha value is -0.880. The van der Waals surface area contributed by atoms with Gasteiger partial charge in [-0.3, -0.25) is 0 Å². The molecule has 22 heteroatoms. The summed E-state index contributed by atoms with van der Waals surface area (Å²) in [7, 11) is 0. The number of hydrogen-bond acceptors (Lipinski definition) is 22. The van der Waals surface area contributed by atoms with E-state index in [0.717, 1.165) is 0 Å². The molecule has 12 unspecified atom stereocenters. The number of hydrogen-bond donors (Lipinski definition) is 8. The molecule has 0 fully saturated rings. The predicted molar refractivity (Wildman–Crippen MR) is 271 cm³/mol. The average molecular weight is 1070 g/mol. The van der Waals surface area contributed by atoms with E-state index < -0.39 is 65.1 Å². The third kappa shape index (κ3) is 40.9. The molecule has 0 radical (unpaired) electrons. The van der Waals surface area contributed by atoms with Crippen molar-refractivity contribution in [3.05, 3.63) is 0 Å². The molecular formula is C51H104O22. The first kappa shape index (κ1) is 72.1. The maximum absolute atomic E-state index is 10.0. The van der Waals surface area contributed by atoms with Crippen LogP contribution in [0.4, 0.5) is 0 Å². The maximum Gasteiger partial charge on any atom is 0.0785 e. The molecule has 0 rings (SSSR count). The molecule has 0 aromatic rings. The molecule has 8 N–H and O–H groups in total. The van der Waals surface area contributed by atoms with E-state index in [9.17, 15) is 40.9 Å². The lowest BCUT2D eigenvalue weighted by molar-refractivity contribution is -0.150. The van der Waals surface area contributed by atoms with Crippen molar-refractivity contribution in [2.75, 3.05) is 159 Å². The fourth-order valence-corrected chi connectivity index (χ4v) is 7.03. The van der Waals surface area contributed by atoms with Crippen LogP contribution >= 0.6 is 0 Å². The lowest BCUT2D eigenvalue weighted by atomic mass is 9.92. The molecule has 0 aromatic heterocycles. The van der Waals surface area contributed by atoms with Crippen molar-refractivity contribution in [2.24, 2.45) is 16.2 Å². The molecule has 22 nitrogen and oxygen atoms in total. The van der Waals surface area contributed by atoms with E-state index in [1.807, 2.05) is 27.7 Å². The number of ether oxygens (including phenoxy) is 14. The van der Waals surface area contributed by atoms with E-state index in [1.165, 1.54) is 0 Å². The molecule has 0 aliphatic heterocycles. The van der Waals surface area contributed by atoms with Gasteiger partial charge < -0.3 is 107 Å². The second-order valence-corrected chi connectivity index (χ2v) is 21.0. The molecule has 0 spiro atoms. The smallest absolute Gasteiger partial charge is 0.0785 e. The van der Waals surface area contributed by atoms with E-state index in [0.29, 0.717) is 0 Å². The van der Waals surface area contributed by atoms with Crippen LogP contribution < -0.4 is 0 Å². The van der Waals surface area contributed by atoms with Gasteiger partial charge in [-0.2, -0.15) is 0 Å². The number of aliphatic hydroxyl groups is 8. The average Bonchev–Trinajstić information content (AvgIpc) is 3.25. The Morgan fingerprint density at radius 2 is 0.315 bits per heavy atom. The molecule has 0 saturated heterocycles. The van der Waals surface area contributed by atoms with Crippen LogP contribution in [0.15, 0.2) is 0 Å². The lowest BCUT2D eigenvalue weighted by Gasteiger charge is -2.35. The van der Waals surface area contributed by atoms with Crippen LogP contribution in [0, 0.1) is 16.2 Å². The Balaban J connectivity index is 5.78. The van der Waals surface area contributed by atoms with Gasteiger partial charge in [0.1, 0.15) is 0 Å². The maximum atomic E-state index is 10.0. The van der Waals surface area contributed by atoms with Crippen LogP contribution in [0.1, 0.15) is 83.1 Å². The Morgan fingerprint density at radius 3 is 0.425 bits per heavy atom. The van der Waals surface area contributed by atoms with Crippen LogP contribution in [-0.2, 0) is 66.3 Å². The van der Waals surface area contributed by atoms with Gasteiger partial charge in [-0.25, -0.2) is 0 Å². The summed E-state index contributed by atoms with van der Waals surface area (Å²) >= 11 is 0. The fraction of sp³-hybridized carbons (Fsp3) is 1.00. The zero-order valence-electron chi connectivity index (χ0n) is 46.7. The van der Waals surface area contributed by atoms with Gasteiger partial charge in [-0.1, -0.05) is 0 Å². The third-order valence-electron chi connectivity index (χ3n) is 10.1. The highest BCUT2D eigenvalue weighted by Crippen LogP contribution is 2.25. The van der Waals surface area contributed by atoms with E-state index >= 15 is 0 Å². The molecule has 0 aliphatic rings. The lowest BCUT2D eigenvalue weighted by Crippen LogP contribution is -2.44. The van der Waals surface area contributed by atoms with Crippen LogP contribution in [0.3, 0.4) is 0 Å². The summed E-state index contributed by atoms with van der Waals surface area (Å²) < 4.78 is 84.1. The second-order valence-electron chi connectivity index (χ2n) is 21.0. The molecule has 0 aliphatic carbocycles. The largest absolute Gasteiger partial charge is 0.391 e. The van der Waals surface area contributed by atoms with Gasteiger partial charge in [0.25, 0.3) is 0 Å². The van der Waals surface area contributed by atoms with Gasteiger partial charge in [0, 0.05) is 0 Å². The zero-order valence-corrected chi connectivity index (χ0v) is 46.7. The van der Waals surface area contributed by atoms with Gasteiger partial charge in [0.2, 0.25) is 0 Å². The number of aliphatic hydroxyl groups excluding tert-OH is 8. The van der Waals surface area contributed by atoms with Gasteiger partial charge in [-0.05, 0) is 83.1 Å². The highest BCUT2D eigenvalue weighted by molar-refractivity contribution is 4.83. The Kier molecular flexibility index (Phi) is 41.6. The monoisotopic (exact) mass is 1070 g/mol. The highest BCUT2D eigenvalue weighted by atomic mass is 16.6. The quantitative estimate of drug-likeness (QED) is 0.0418.